The molecule has 218 valence electrons. The summed E-state index contributed by atoms with van der Waals surface area (Å²) in [6.07, 6.45) is -2.88. The molecular weight excluding hydrogens is 574 g/mol. The van der Waals surface area contributed by atoms with Gasteiger partial charge in [0, 0.05) is 11.6 Å². The van der Waals surface area contributed by atoms with Gasteiger partial charge in [-0.3, -0.25) is 9.52 Å². The highest BCUT2D eigenvalue weighted by Gasteiger charge is 2.53. The number of aromatic nitrogens is 1. The molecule has 3 aromatic rings. The number of pyridine rings is 1. The normalized spacial score (nSPS) is 16.0. The number of nitrogens with one attached hydrogen (secondary N) is 1. The highest BCUT2D eigenvalue weighted by atomic mass is 32.2. The van der Waals surface area contributed by atoms with Gasteiger partial charge < -0.3 is 23.8 Å². The van der Waals surface area contributed by atoms with Crippen LogP contribution < -0.4 is 23.7 Å². The molecule has 1 aliphatic carbocycles. The van der Waals surface area contributed by atoms with Gasteiger partial charge >= 0.3 is 6.36 Å². The van der Waals surface area contributed by atoms with E-state index in [2.05, 4.69) is 9.72 Å². The second-order valence-corrected chi connectivity index (χ2v) is 11.1. The molecule has 1 aliphatic heterocycles. The largest absolute Gasteiger partial charge is 0.573 e. The maximum absolute atomic E-state index is 13.8. The number of nitrogens with zero attached hydrogens (tertiary/aromatic N) is 2. The van der Waals surface area contributed by atoms with Gasteiger partial charge in [0.05, 0.1) is 38.2 Å². The minimum atomic E-state index is -5.23. The summed E-state index contributed by atoms with van der Waals surface area (Å²) in [6, 6.07) is 7.88. The predicted octanol–water partition coefficient (Wildman–Crippen LogP) is 4.50. The Morgan fingerprint density at radius 1 is 1.07 bits per heavy atom. The van der Waals surface area contributed by atoms with Crippen molar-refractivity contribution in [3.05, 3.63) is 65.6 Å². The average molecular weight is 598 g/mol. The third kappa shape index (κ3) is 5.80. The smallest absolute Gasteiger partial charge is 0.497 e. The molecule has 2 aromatic carbocycles. The van der Waals surface area contributed by atoms with Crippen molar-refractivity contribution in [1.82, 2.24) is 9.88 Å². The first-order chi connectivity index (χ1) is 19.3. The lowest BCUT2D eigenvalue weighted by Gasteiger charge is -2.30. The van der Waals surface area contributed by atoms with Crippen LogP contribution in [0, 0.1) is 5.82 Å². The van der Waals surface area contributed by atoms with Crippen molar-refractivity contribution in [2.75, 3.05) is 25.5 Å². The summed E-state index contributed by atoms with van der Waals surface area (Å²) >= 11 is 0. The molecule has 1 fully saturated rings. The Kier molecular flexibility index (Phi) is 7.09. The van der Waals surface area contributed by atoms with Crippen LogP contribution >= 0.6 is 0 Å². The van der Waals surface area contributed by atoms with E-state index in [1.165, 1.54) is 14.2 Å². The van der Waals surface area contributed by atoms with Crippen LogP contribution in [0.5, 0.6) is 23.1 Å². The van der Waals surface area contributed by atoms with Crippen LogP contribution in [0.3, 0.4) is 0 Å². The number of benzene rings is 2. The van der Waals surface area contributed by atoms with Crippen LogP contribution in [0.4, 0.5) is 23.2 Å². The minimum Gasteiger partial charge on any atom is -0.497 e. The Labute approximate surface area is 231 Å². The number of carbonyl (C=O) groups is 1. The van der Waals surface area contributed by atoms with E-state index in [4.69, 9.17) is 14.2 Å². The number of anilines is 1. The van der Waals surface area contributed by atoms with Crippen molar-refractivity contribution in [1.29, 1.82) is 0 Å². The van der Waals surface area contributed by atoms with Crippen LogP contribution in [-0.2, 0) is 16.6 Å². The lowest BCUT2D eigenvalue weighted by molar-refractivity contribution is -0.275. The third-order valence-corrected chi connectivity index (χ3v) is 8.10. The molecule has 0 radical (unpaired) electrons. The zero-order valence-corrected chi connectivity index (χ0v) is 22.4. The lowest BCUT2D eigenvalue weighted by atomic mass is 10.1. The van der Waals surface area contributed by atoms with Gasteiger partial charge in [-0.05, 0) is 49.2 Å². The predicted molar refractivity (Wildman–Crippen MR) is 135 cm³/mol. The summed E-state index contributed by atoms with van der Waals surface area (Å²) in [6.45, 7) is 0.274. The molecule has 2 aliphatic rings. The minimum absolute atomic E-state index is 0.0414. The summed E-state index contributed by atoms with van der Waals surface area (Å²) in [4.78, 5) is 18.4. The van der Waals surface area contributed by atoms with E-state index in [0.717, 1.165) is 12.3 Å². The second kappa shape index (κ2) is 10.3. The monoisotopic (exact) mass is 597 g/mol. The van der Waals surface area contributed by atoms with E-state index in [-0.39, 0.29) is 30.3 Å². The molecule has 1 saturated carbocycles. The van der Waals surface area contributed by atoms with Gasteiger partial charge in [-0.2, -0.15) is 0 Å². The molecule has 15 heteroatoms. The molecule has 0 atom stereocenters. The van der Waals surface area contributed by atoms with Crippen LogP contribution in [0.2, 0.25) is 0 Å². The molecule has 41 heavy (non-hydrogen) atoms. The molecule has 1 N–H and O–H groups in total. The molecule has 0 bridgehead atoms. The van der Waals surface area contributed by atoms with Crippen molar-refractivity contribution in [2.24, 2.45) is 0 Å². The van der Waals surface area contributed by atoms with Crippen molar-refractivity contribution >= 4 is 21.6 Å². The van der Waals surface area contributed by atoms with Crippen molar-refractivity contribution in [3.8, 4) is 23.1 Å². The molecule has 2 heterocycles. The molecule has 10 nitrogen and oxygen atoms in total. The van der Waals surface area contributed by atoms with Crippen LogP contribution in [0.15, 0.2) is 53.6 Å². The van der Waals surface area contributed by atoms with Gasteiger partial charge in [0.15, 0.2) is 0 Å². The van der Waals surface area contributed by atoms with Crippen molar-refractivity contribution in [3.63, 3.8) is 0 Å². The number of ether oxygens (including phenoxy) is 4. The van der Waals surface area contributed by atoms with E-state index in [9.17, 15) is 30.8 Å². The zero-order chi connectivity index (χ0) is 29.6. The van der Waals surface area contributed by atoms with E-state index in [1.54, 1.807) is 23.1 Å². The maximum atomic E-state index is 13.8. The quantitative estimate of drug-likeness (QED) is 0.378. The molecular formula is C26H23F4N3O7S. The van der Waals surface area contributed by atoms with Crippen LogP contribution in [-0.4, -0.2) is 56.9 Å². The number of fused-ring (bicyclic) bond motifs is 1. The molecule has 1 amide bonds. The molecule has 5 rings (SSSR count). The Hall–Kier alpha value is -4.27. The lowest BCUT2D eigenvalue weighted by Crippen LogP contribution is -2.43. The fourth-order valence-electron chi connectivity index (χ4n) is 4.48. The number of methoxy groups -OCH3 is 2. The van der Waals surface area contributed by atoms with Gasteiger partial charge in [-0.1, -0.05) is 0 Å². The van der Waals surface area contributed by atoms with Gasteiger partial charge in [-0.25, -0.2) is 17.8 Å². The number of hydrogen-bond donors (Lipinski definition) is 1. The topological polar surface area (TPSA) is 116 Å². The van der Waals surface area contributed by atoms with Crippen molar-refractivity contribution in [2.45, 2.75) is 36.2 Å². The van der Waals surface area contributed by atoms with E-state index >= 15 is 0 Å². The van der Waals surface area contributed by atoms with Crippen LogP contribution in [0.25, 0.3) is 0 Å². The Morgan fingerprint density at radius 3 is 2.49 bits per heavy atom. The number of hydrogen-bond acceptors (Lipinski definition) is 8. The molecule has 0 unspecified atom stereocenters. The molecule has 1 spiro atoms. The number of halogens is 4. The van der Waals surface area contributed by atoms with Gasteiger partial charge in [0.1, 0.15) is 40.1 Å². The molecule has 1 aromatic heterocycles. The Morgan fingerprint density at radius 2 is 1.83 bits per heavy atom. The second-order valence-electron chi connectivity index (χ2n) is 9.40. The number of sulfonamides is 1. The molecule has 0 saturated heterocycles. The third-order valence-electron chi connectivity index (χ3n) is 6.70. The first kappa shape index (κ1) is 28.3. The maximum Gasteiger partial charge on any atom is 0.573 e. The summed E-state index contributed by atoms with van der Waals surface area (Å²) in [5.41, 5.74) is -0.276. The summed E-state index contributed by atoms with van der Waals surface area (Å²) in [5.74, 6) is -1.74. The number of rotatable bonds is 8. The fourth-order valence-corrected chi connectivity index (χ4v) is 5.65. The highest BCUT2D eigenvalue weighted by molar-refractivity contribution is 7.92. The first-order valence-corrected chi connectivity index (χ1v) is 13.6. The van der Waals surface area contributed by atoms with E-state index in [1.807, 2.05) is 4.72 Å². The number of amides is 1. The first-order valence-electron chi connectivity index (χ1n) is 12.1. The standard InChI is InChI=1S/C26H23F4N3O7S/c1-37-18-5-3-15(21(11-18)38-2)13-33-24(34)19-10-17(12-31-23(19)39-14-25(33)7-8-25)32-41(35,36)22-9-16(27)4-6-20(22)40-26(28,29)30/h3-6,9-12,32H,7-8,13-14H2,1-2H3. The highest BCUT2D eigenvalue weighted by Crippen LogP contribution is 2.47. The van der Waals surface area contributed by atoms with E-state index in [0.29, 0.717) is 48.1 Å². The number of alkyl halides is 3. The summed E-state index contributed by atoms with van der Waals surface area (Å²) in [7, 11) is -1.83. The summed E-state index contributed by atoms with van der Waals surface area (Å²) in [5, 5.41) is 0. The Balaban J connectivity index is 1.47. The van der Waals surface area contributed by atoms with E-state index < -0.39 is 44.3 Å². The Bertz CT molecular complexity index is 1610. The SMILES string of the molecule is COc1ccc(CN2C(=O)c3cc(NS(=O)(=O)c4cc(F)ccc4OC(F)(F)F)cnc3OCC23CC3)c(OC)c1. The van der Waals surface area contributed by atoms with Crippen molar-refractivity contribution < 1.29 is 49.7 Å². The van der Waals surface area contributed by atoms with Crippen LogP contribution in [0.1, 0.15) is 28.8 Å². The number of carbonyl (C=O) groups excluding carboxylic acids is 1. The average Bonchev–Trinajstić information content (AvgIpc) is 3.72. The van der Waals surface area contributed by atoms with Gasteiger partial charge in [0.25, 0.3) is 15.9 Å². The van der Waals surface area contributed by atoms with Gasteiger partial charge in [0.2, 0.25) is 5.88 Å². The zero-order valence-electron chi connectivity index (χ0n) is 21.6. The summed E-state index contributed by atoms with van der Waals surface area (Å²) < 4.78 is 101. The fraction of sp³-hybridized carbons (Fsp3) is 0.308. The van der Waals surface area contributed by atoms with Gasteiger partial charge in [-0.15, -0.1) is 13.2 Å².